The molecular formula is C30H32ClF2N5O. The minimum absolute atomic E-state index is 0.0937. The Hall–Kier alpha value is -3.23. The van der Waals surface area contributed by atoms with Crippen LogP contribution in [0.5, 0.6) is 0 Å². The maximum atomic E-state index is 14.5. The van der Waals surface area contributed by atoms with E-state index in [-0.39, 0.29) is 29.1 Å². The van der Waals surface area contributed by atoms with Gasteiger partial charge in [-0.15, -0.1) is 0 Å². The first kappa shape index (κ1) is 26.0. The molecule has 0 spiro atoms. The van der Waals surface area contributed by atoms with Gasteiger partial charge in [0.15, 0.2) is 0 Å². The van der Waals surface area contributed by atoms with Crippen LogP contribution in [-0.2, 0) is 6.54 Å². The van der Waals surface area contributed by atoms with E-state index in [9.17, 15) is 13.6 Å². The molecule has 0 radical (unpaired) electrons. The minimum Gasteiger partial charge on any atom is -0.367 e. The highest BCUT2D eigenvalue weighted by Crippen LogP contribution is 2.35. The van der Waals surface area contributed by atoms with Crippen LogP contribution in [0.1, 0.15) is 41.6 Å². The van der Waals surface area contributed by atoms with E-state index in [4.69, 9.17) is 11.6 Å². The average molecular weight is 552 g/mol. The van der Waals surface area contributed by atoms with Crippen LogP contribution in [0.25, 0.3) is 11.1 Å². The largest absolute Gasteiger partial charge is 0.367 e. The zero-order valence-electron chi connectivity index (χ0n) is 21.8. The Kier molecular flexibility index (Phi) is 7.40. The number of rotatable bonds is 6. The Balaban J connectivity index is 1.20. The molecule has 2 saturated heterocycles. The average Bonchev–Trinajstić information content (AvgIpc) is 3.65. The number of aromatic nitrogens is 1. The van der Waals surface area contributed by atoms with Crippen molar-refractivity contribution < 1.29 is 13.6 Å². The van der Waals surface area contributed by atoms with Gasteiger partial charge in [-0.05, 0) is 74.7 Å². The van der Waals surface area contributed by atoms with E-state index in [0.29, 0.717) is 24.5 Å². The number of pyridine rings is 1. The van der Waals surface area contributed by atoms with Crippen LogP contribution >= 0.6 is 11.6 Å². The molecule has 204 valence electrons. The Morgan fingerprint density at radius 1 is 0.974 bits per heavy atom. The van der Waals surface area contributed by atoms with E-state index in [1.165, 1.54) is 12.8 Å². The number of carbonyl (C=O) groups is 1. The fourth-order valence-electron chi connectivity index (χ4n) is 6.01. The van der Waals surface area contributed by atoms with E-state index >= 15 is 0 Å². The van der Waals surface area contributed by atoms with Gasteiger partial charge < -0.3 is 20.0 Å². The Labute approximate surface area is 232 Å². The zero-order valence-corrected chi connectivity index (χ0v) is 22.6. The molecule has 2 aromatic carbocycles. The van der Waals surface area contributed by atoms with Crippen LogP contribution in [0.3, 0.4) is 0 Å². The number of nitrogens with one attached hydrogen (secondary N) is 1. The molecule has 1 aromatic heterocycles. The second-order valence-corrected chi connectivity index (χ2v) is 11.0. The van der Waals surface area contributed by atoms with Gasteiger partial charge in [0.1, 0.15) is 17.5 Å². The molecule has 1 amide bonds. The Morgan fingerprint density at radius 3 is 2.54 bits per heavy atom. The summed E-state index contributed by atoms with van der Waals surface area (Å²) < 4.78 is 28.5. The van der Waals surface area contributed by atoms with Crippen molar-refractivity contribution in [1.29, 1.82) is 0 Å². The number of hydrogen-bond donors (Lipinski definition) is 1. The summed E-state index contributed by atoms with van der Waals surface area (Å²) in [7, 11) is 0. The van der Waals surface area contributed by atoms with Crippen molar-refractivity contribution in [3.63, 3.8) is 0 Å². The molecule has 3 aromatic rings. The summed E-state index contributed by atoms with van der Waals surface area (Å²) in [6.45, 7) is 5.40. The maximum absolute atomic E-state index is 14.5. The lowest BCUT2D eigenvalue weighted by molar-refractivity contribution is 0.0709. The van der Waals surface area contributed by atoms with Crippen molar-refractivity contribution in [2.24, 2.45) is 0 Å². The van der Waals surface area contributed by atoms with Gasteiger partial charge in [0.25, 0.3) is 5.91 Å². The standard InChI is InChI=1S/C30H32ClF2N5O/c31-28-24(25(32)9-10-26(28)33)19-37-15-11-34-29-27(37)16-22(17-35-29)20-5-7-21(8-6-20)30(39)38-14-3-4-23(38)18-36-12-1-2-13-36/h5-10,16-17,23H,1-4,11-15,18-19H2,(H,34,35)/t23-/m0/s1. The number of benzene rings is 2. The highest BCUT2D eigenvalue weighted by molar-refractivity contribution is 6.31. The van der Waals surface area contributed by atoms with Crippen molar-refractivity contribution in [2.45, 2.75) is 38.3 Å². The fourth-order valence-corrected chi connectivity index (χ4v) is 6.23. The molecule has 0 saturated carbocycles. The zero-order chi connectivity index (χ0) is 26.9. The second-order valence-electron chi connectivity index (χ2n) is 10.6. The number of hydrogen-bond acceptors (Lipinski definition) is 5. The number of nitrogens with zero attached hydrogens (tertiary/aromatic N) is 4. The molecule has 6 nitrogen and oxygen atoms in total. The molecule has 3 aliphatic rings. The second kappa shape index (κ2) is 11.1. The molecule has 3 aliphatic heterocycles. The highest BCUT2D eigenvalue weighted by atomic mass is 35.5. The number of amides is 1. The topological polar surface area (TPSA) is 51.7 Å². The molecule has 1 atom stereocenters. The lowest BCUT2D eigenvalue weighted by Gasteiger charge is -2.32. The molecule has 6 rings (SSSR count). The van der Waals surface area contributed by atoms with E-state index in [1.807, 2.05) is 40.1 Å². The fraction of sp³-hybridized carbons (Fsp3) is 0.400. The van der Waals surface area contributed by atoms with Gasteiger partial charge in [0.2, 0.25) is 0 Å². The van der Waals surface area contributed by atoms with Gasteiger partial charge in [0, 0.05) is 61.7 Å². The third-order valence-electron chi connectivity index (χ3n) is 8.14. The highest BCUT2D eigenvalue weighted by Gasteiger charge is 2.31. The molecule has 0 bridgehead atoms. The van der Waals surface area contributed by atoms with Crippen LogP contribution in [-0.4, -0.2) is 66.0 Å². The monoisotopic (exact) mass is 551 g/mol. The van der Waals surface area contributed by atoms with Crippen LogP contribution in [0.4, 0.5) is 20.3 Å². The van der Waals surface area contributed by atoms with E-state index in [0.717, 1.165) is 68.0 Å². The Morgan fingerprint density at radius 2 is 1.74 bits per heavy atom. The first-order valence-electron chi connectivity index (χ1n) is 13.7. The van der Waals surface area contributed by atoms with Gasteiger partial charge in [-0.3, -0.25) is 4.79 Å². The number of halogens is 3. The van der Waals surface area contributed by atoms with E-state index < -0.39 is 11.6 Å². The lowest BCUT2D eigenvalue weighted by Crippen LogP contribution is -2.42. The number of likely N-dealkylation sites (tertiary alicyclic amines) is 2. The summed E-state index contributed by atoms with van der Waals surface area (Å²) in [5, 5.41) is 3.08. The lowest BCUT2D eigenvalue weighted by atomic mass is 10.0. The predicted octanol–water partition coefficient (Wildman–Crippen LogP) is 5.81. The normalized spacial score (nSPS) is 19.3. The number of fused-ring (bicyclic) bond motifs is 1. The quantitative estimate of drug-likeness (QED) is 0.392. The molecule has 39 heavy (non-hydrogen) atoms. The summed E-state index contributed by atoms with van der Waals surface area (Å²) in [6.07, 6.45) is 6.41. The summed E-state index contributed by atoms with van der Waals surface area (Å²) in [5.74, 6) is -0.397. The van der Waals surface area contributed by atoms with Crippen molar-refractivity contribution >= 4 is 29.0 Å². The van der Waals surface area contributed by atoms with Gasteiger partial charge in [0.05, 0.1) is 10.7 Å². The SMILES string of the molecule is O=C(c1ccc(-c2cnc3c(c2)N(Cc2c(F)ccc(F)c2Cl)CCN3)cc1)N1CCC[C@H]1CN1CCCC1. The minimum atomic E-state index is -0.638. The van der Waals surface area contributed by atoms with E-state index in [1.54, 1.807) is 6.20 Å². The molecule has 1 N–H and O–H groups in total. The van der Waals surface area contributed by atoms with Crippen molar-refractivity contribution in [3.8, 4) is 11.1 Å². The van der Waals surface area contributed by atoms with E-state index in [2.05, 4.69) is 15.2 Å². The van der Waals surface area contributed by atoms with Gasteiger partial charge in [-0.1, -0.05) is 23.7 Å². The number of carbonyl (C=O) groups excluding carboxylic acids is 1. The first-order valence-corrected chi connectivity index (χ1v) is 14.1. The number of anilines is 2. The van der Waals surface area contributed by atoms with Crippen LogP contribution < -0.4 is 10.2 Å². The van der Waals surface area contributed by atoms with Gasteiger partial charge >= 0.3 is 0 Å². The molecule has 0 aliphatic carbocycles. The van der Waals surface area contributed by atoms with Crippen molar-refractivity contribution in [3.05, 3.63) is 76.4 Å². The molecular weight excluding hydrogens is 520 g/mol. The van der Waals surface area contributed by atoms with Gasteiger partial charge in [-0.2, -0.15) is 0 Å². The summed E-state index contributed by atoms with van der Waals surface area (Å²) in [4.78, 5) is 24.5. The van der Waals surface area contributed by atoms with Crippen molar-refractivity contribution in [2.75, 3.05) is 49.5 Å². The smallest absolute Gasteiger partial charge is 0.254 e. The summed E-state index contributed by atoms with van der Waals surface area (Å²) in [5.41, 5.74) is 3.42. The van der Waals surface area contributed by atoms with Crippen LogP contribution in [0.15, 0.2) is 48.7 Å². The maximum Gasteiger partial charge on any atom is 0.254 e. The Bertz CT molecular complexity index is 1360. The third kappa shape index (κ3) is 5.32. The van der Waals surface area contributed by atoms with Crippen molar-refractivity contribution in [1.82, 2.24) is 14.8 Å². The predicted molar refractivity (Wildman–Crippen MR) is 150 cm³/mol. The first-order chi connectivity index (χ1) is 19.0. The molecule has 2 fully saturated rings. The summed E-state index contributed by atoms with van der Waals surface area (Å²) in [6, 6.07) is 12.1. The van der Waals surface area contributed by atoms with Crippen LogP contribution in [0.2, 0.25) is 5.02 Å². The molecule has 9 heteroatoms. The molecule has 0 unspecified atom stereocenters. The summed E-state index contributed by atoms with van der Waals surface area (Å²) >= 11 is 6.10. The van der Waals surface area contributed by atoms with Crippen LogP contribution in [0, 0.1) is 11.6 Å². The third-order valence-corrected chi connectivity index (χ3v) is 8.55. The van der Waals surface area contributed by atoms with Gasteiger partial charge in [-0.25, -0.2) is 13.8 Å². The molecule has 4 heterocycles.